The number of nitrogens with one attached hydrogen (secondary N) is 1. The van der Waals surface area contributed by atoms with Crippen LogP contribution in [0.3, 0.4) is 0 Å². The fourth-order valence-electron chi connectivity index (χ4n) is 2.94. The molecular weight excluding hydrogens is 227 g/mol. The summed E-state index contributed by atoms with van der Waals surface area (Å²) in [6.07, 6.45) is 2.22. The lowest BCUT2D eigenvalue weighted by Crippen LogP contribution is -2.28. The maximum Gasteiger partial charge on any atom is 0.127 e. The van der Waals surface area contributed by atoms with E-state index in [0.717, 1.165) is 42.4 Å². The Labute approximate surface area is 107 Å². The maximum atomic E-state index is 14.2. The smallest absolute Gasteiger partial charge is 0.127 e. The first kappa shape index (κ1) is 11.7. The van der Waals surface area contributed by atoms with Crippen molar-refractivity contribution in [1.82, 2.24) is 9.88 Å². The van der Waals surface area contributed by atoms with Gasteiger partial charge in [0.1, 0.15) is 5.82 Å². The molecule has 96 valence electrons. The lowest BCUT2D eigenvalue weighted by Gasteiger charge is -2.23. The summed E-state index contributed by atoms with van der Waals surface area (Å²) in [5, 5.41) is 4.35. The SMILES string of the molecule is Cc1cc2cc(F)c(C3CCCNC3)cc2n1C. The summed E-state index contributed by atoms with van der Waals surface area (Å²) in [4.78, 5) is 0. The Bertz CT molecular complexity index is 580. The molecule has 2 nitrogen and oxygen atoms in total. The number of aromatic nitrogens is 1. The molecule has 0 radical (unpaired) electrons. The predicted octanol–water partition coefficient (Wildman–Crippen LogP) is 3.09. The zero-order chi connectivity index (χ0) is 12.7. The highest BCUT2D eigenvalue weighted by molar-refractivity contribution is 5.82. The molecule has 1 aliphatic rings. The van der Waals surface area contributed by atoms with E-state index in [2.05, 4.69) is 16.8 Å². The first-order valence-electron chi connectivity index (χ1n) is 6.63. The zero-order valence-corrected chi connectivity index (χ0v) is 11.0. The molecule has 1 N–H and O–H groups in total. The average molecular weight is 246 g/mol. The number of aryl methyl sites for hydroxylation is 2. The number of piperidine rings is 1. The van der Waals surface area contributed by atoms with Crippen LogP contribution in [0.2, 0.25) is 0 Å². The first-order valence-corrected chi connectivity index (χ1v) is 6.63. The molecule has 0 spiro atoms. The summed E-state index contributed by atoms with van der Waals surface area (Å²) in [6.45, 7) is 4.01. The number of nitrogens with zero attached hydrogens (tertiary/aromatic N) is 1. The summed E-state index contributed by atoms with van der Waals surface area (Å²) in [5.74, 6) is 0.264. The van der Waals surface area contributed by atoms with Crippen LogP contribution in [0, 0.1) is 12.7 Å². The molecule has 0 amide bonds. The topological polar surface area (TPSA) is 17.0 Å². The number of rotatable bonds is 1. The van der Waals surface area contributed by atoms with E-state index in [1.807, 2.05) is 19.2 Å². The molecule has 0 bridgehead atoms. The molecule has 1 unspecified atom stereocenters. The molecule has 1 fully saturated rings. The first-order chi connectivity index (χ1) is 8.66. The van der Waals surface area contributed by atoms with Gasteiger partial charge in [0.25, 0.3) is 0 Å². The third-order valence-electron chi connectivity index (χ3n) is 4.14. The van der Waals surface area contributed by atoms with Crippen LogP contribution in [0.5, 0.6) is 0 Å². The quantitative estimate of drug-likeness (QED) is 0.818. The Balaban J connectivity index is 2.10. The van der Waals surface area contributed by atoms with Crippen LogP contribution in [0.1, 0.15) is 30.0 Å². The van der Waals surface area contributed by atoms with Gasteiger partial charge in [0.15, 0.2) is 0 Å². The fraction of sp³-hybridized carbons (Fsp3) is 0.467. The molecule has 1 aromatic heterocycles. The Hall–Kier alpha value is -1.35. The summed E-state index contributed by atoms with van der Waals surface area (Å²) in [6, 6.07) is 5.77. The van der Waals surface area contributed by atoms with Gasteiger partial charge in [-0.2, -0.15) is 0 Å². The summed E-state index contributed by atoms with van der Waals surface area (Å²) in [5.41, 5.74) is 3.17. The van der Waals surface area contributed by atoms with E-state index in [1.165, 1.54) is 5.69 Å². The number of hydrogen-bond acceptors (Lipinski definition) is 1. The van der Waals surface area contributed by atoms with E-state index in [1.54, 1.807) is 6.07 Å². The van der Waals surface area contributed by atoms with Gasteiger partial charge in [-0.1, -0.05) is 0 Å². The second-order valence-corrected chi connectivity index (χ2v) is 5.32. The van der Waals surface area contributed by atoms with Crippen LogP contribution in [0.25, 0.3) is 10.9 Å². The van der Waals surface area contributed by atoms with Gasteiger partial charge < -0.3 is 9.88 Å². The Morgan fingerprint density at radius 1 is 1.33 bits per heavy atom. The molecule has 1 aliphatic heterocycles. The normalized spacial score (nSPS) is 20.5. The minimum absolute atomic E-state index is 0.0539. The van der Waals surface area contributed by atoms with E-state index in [9.17, 15) is 4.39 Å². The van der Waals surface area contributed by atoms with Crippen molar-refractivity contribution in [1.29, 1.82) is 0 Å². The van der Waals surface area contributed by atoms with Gasteiger partial charge in [-0.25, -0.2) is 4.39 Å². The summed E-state index contributed by atoms with van der Waals surface area (Å²) in [7, 11) is 2.04. The minimum atomic E-state index is -0.0539. The van der Waals surface area contributed by atoms with E-state index in [0.29, 0.717) is 5.92 Å². The van der Waals surface area contributed by atoms with Gasteiger partial charge in [-0.05, 0) is 56.0 Å². The third-order valence-corrected chi connectivity index (χ3v) is 4.14. The van der Waals surface area contributed by atoms with Crippen LogP contribution in [-0.2, 0) is 7.05 Å². The monoisotopic (exact) mass is 246 g/mol. The van der Waals surface area contributed by atoms with Crippen molar-refractivity contribution in [3.63, 3.8) is 0 Å². The molecule has 3 heteroatoms. The summed E-state index contributed by atoms with van der Waals surface area (Å²) < 4.78 is 16.3. The number of benzene rings is 1. The molecule has 18 heavy (non-hydrogen) atoms. The highest BCUT2D eigenvalue weighted by Gasteiger charge is 2.20. The van der Waals surface area contributed by atoms with Gasteiger partial charge in [0, 0.05) is 30.2 Å². The van der Waals surface area contributed by atoms with Crippen LogP contribution in [0.4, 0.5) is 4.39 Å². The fourth-order valence-corrected chi connectivity index (χ4v) is 2.94. The van der Waals surface area contributed by atoms with Crippen molar-refractivity contribution in [2.45, 2.75) is 25.7 Å². The molecule has 1 aromatic carbocycles. The highest BCUT2D eigenvalue weighted by Crippen LogP contribution is 2.30. The van der Waals surface area contributed by atoms with E-state index in [-0.39, 0.29) is 5.82 Å². The average Bonchev–Trinajstić information content (AvgIpc) is 2.65. The van der Waals surface area contributed by atoms with Gasteiger partial charge in [0.05, 0.1) is 0 Å². The number of halogens is 1. The van der Waals surface area contributed by atoms with Crippen molar-refractivity contribution in [3.05, 3.63) is 35.3 Å². The number of hydrogen-bond donors (Lipinski definition) is 1. The van der Waals surface area contributed by atoms with Crippen LogP contribution >= 0.6 is 0 Å². The van der Waals surface area contributed by atoms with Crippen molar-refractivity contribution >= 4 is 10.9 Å². The minimum Gasteiger partial charge on any atom is -0.348 e. The maximum absolute atomic E-state index is 14.2. The largest absolute Gasteiger partial charge is 0.348 e. The second kappa shape index (κ2) is 4.39. The van der Waals surface area contributed by atoms with Crippen LogP contribution in [-0.4, -0.2) is 17.7 Å². The molecule has 2 heterocycles. The van der Waals surface area contributed by atoms with Crippen molar-refractivity contribution in [2.75, 3.05) is 13.1 Å². The van der Waals surface area contributed by atoms with Gasteiger partial charge in [-0.15, -0.1) is 0 Å². The summed E-state index contributed by atoms with van der Waals surface area (Å²) >= 11 is 0. The lowest BCUT2D eigenvalue weighted by atomic mass is 9.91. The lowest BCUT2D eigenvalue weighted by molar-refractivity contribution is 0.447. The second-order valence-electron chi connectivity index (χ2n) is 5.32. The molecule has 0 saturated carbocycles. The van der Waals surface area contributed by atoms with Crippen molar-refractivity contribution in [3.8, 4) is 0 Å². The highest BCUT2D eigenvalue weighted by atomic mass is 19.1. The predicted molar refractivity (Wildman–Crippen MR) is 72.5 cm³/mol. The van der Waals surface area contributed by atoms with Gasteiger partial charge in [-0.3, -0.25) is 0 Å². The van der Waals surface area contributed by atoms with Gasteiger partial charge in [0.2, 0.25) is 0 Å². The van der Waals surface area contributed by atoms with E-state index in [4.69, 9.17) is 0 Å². The number of fused-ring (bicyclic) bond motifs is 1. The van der Waals surface area contributed by atoms with Crippen LogP contribution in [0.15, 0.2) is 18.2 Å². The Morgan fingerprint density at radius 3 is 2.89 bits per heavy atom. The van der Waals surface area contributed by atoms with E-state index >= 15 is 0 Å². The van der Waals surface area contributed by atoms with Gasteiger partial charge >= 0.3 is 0 Å². The molecule has 1 saturated heterocycles. The molecule has 1 atom stereocenters. The Morgan fingerprint density at radius 2 is 2.17 bits per heavy atom. The molecule has 2 aromatic rings. The molecule has 3 rings (SSSR count). The van der Waals surface area contributed by atoms with E-state index < -0.39 is 0 Å². The standard InChI is InChI=1S/C15H19FN2/c1-10-6-12-7-14(16)13(8-15(12)18(10)2)11-4-3-5-17-9-11/h6-8,11,17H,3-5,9H2,1-2H3. The van der Waals surface area contributed by atoms with Crippen molar-refractivity contribution in [2.24, 2.45) is 7.05 Å². The third kappa shape index (κ3) is 1.83. The van der Waals surface area contributed by atoms with Crippen LogP contribution < -0.4 is 5.32 Å². The molecular formula is C15H19FN2. The molecule has 0 aliphatic carbocycles. The Kier molecular flexibility index (Phi) is 2.86. The zero-order valence-electron chi connectivity index (χ0n) is 11.0. The van der Waals surface area contributed by atoms with Crippen molar-refractivity contribution < 1.29 is 4.39 Å².